The molecule has 0 atom stereocenters. The van der Waals surface area contributed by atoms with Gasteiger partial charge in [-0.05, 0) is 30.7 Å². The van der Waals surface area contributed by atoms with Crippen molar-refractivity contribution in [2.45, 2.75) is 13.5 Å². The van der Waals surface area contributed by atoms with Crippen molar-refractivity contribution in [2.24, 2.45) is 0 Å². The summed E-state index contributed by atoms with van der Waals surface area (Å²) in [6.45, 7) is 2.18. The molecule has 1 amide bonds. The molecule has 2 aromatic heterocycles. The molecule has 0 aliphatic carbocycles. The summed E-state index contributed by atoms with van der Waals surface area (Å²) in [7, 11) is 1.91. The van der Waals surface area contributed by atoms with Crippen molar-refractivity contribution in [2.75, 3.05) is 11.9 Å². The number of pyridine rings is 1. The van der Waals surface area contributed by atoms with Crippen molar-refractivity contribution < 1.29 is 4.79 Å². The lowest BCUT2D eigenvalue weighted by Gasteiger charge is -2.19. The molecule has 6 nitrogen and oxygen atoms in total. The minimum atomic E-state index is -0.239. The number of aromatic nitrogens is 3. The molecule has 0 bridgehead atoms. The topological polar surface area (TPSA) is 71.0 Å². The Morgan fingerprint density at radius 1 is 1.12 bits per heavy atom. The lowest BCUT2D eigenvalue weighted by molar-refractivity contribution is 0.0945. The summed E-state index contributed by atoms with van der Waals surface area (Å²) in [5.74, 6) is 0.981. The van der Waals surface area contributed by atoms with E-state index in [-0.39, 0.29) is 5.91 Å². The van der Waals surface area contributed by atoms with Gasteiger partial charge >= 0.3 is 0 Å². The molecule has 3 aromatic rings. The van der Waals surface area contributed by atoms with Gasteiger partial charge in [-0.15, -0.1) is 0 Å². The molecule has 0 radical (unpaired) electrons. The minimum absolute atomic E-state index is 0.239. The van der Waals surface area contributed by atoms with Crippen molar-refractivity contribution in [1.29, 1.82) is 0 Å². The minimum Gasteiger partial charge on any atom is -0.347 e. The first-order valence-electron chi connectivity index (χ1n) is 7.95. The third-order valence-corrected chi connectivity index (χ3v) is 3.72. The predicted octanol–water partition coefficient (Wildman–Crippen LogP) is 2.88. The number of nitrogens with one attached hydrogen (secondary N) is 1. The van der Waals surface area contributed by atoms with E-state index in [0.717, 1.165) is 11.3 Å². The van der Waals surface area contributed by atoms with Crippen LogP contribution in [0.25, 0.3) is 0 Å². The van der Waals surface area contributed by atoms with Gasteiger partial charge in [0, 0.05) is 37.7 Å². The lowest BCUT2D eigenvalue weighted by atomic mass is 10.2. The number of rotatable bonds is 5. The van der Waals surface area contributed by atoms with Crippen LogP contribution in [0.4, 0.5) is 11.5 Å². The Bertz CT molecular complexity index is 852. The second-order valence-electron chi connectivity index (χ2n) is 5.60. The van der Waals surface area contributed by atoms with E-state index >= 15 is 0 Å². The zero-order valence-electron chi connectivity index (χ0n) is 14.2. The molecule has 126 valence electrons. The van der Waals surface area contributed by atoms with Gasteiger partial charge in [0.2, 0.25) is 0 Å². The van der Waals surface area contributed by atoms with Crippen molar-refractivity contribution in [3.8, 4) is 0 Å². The van der Waals surface area contributed by atoms with Crippen molar-refractivity contribution in [3.63, 3.8) is 0 Å². The summed E-state index contributed by atoms with van der Waals surface area (Å²) in [5.41, 5.74) is 2.26. The molecule has 3 rings (SSSR count). The second kappa shape index (κ2) is 7.53. The number of hydrogen-bond donors (Lipinski definition) is 1. The quantitative estimate of drug-likeness (QED) is 0.777. The zero-order chi connectivity index (χ0) is 17.6. The highest BCUT2D eigenvalue weighted by atomic mass is 16.1. The smallest absolute Gasteiger partial charge is 0.270 e. The van der Waals surface area contributed by atoms with Crippen LogP contribution in [0.2, 0.25) is 0 Å². The maximum atomic E-state index is 12.4. The number of amides is 1. The Labute approximate surface area is 146 Å². The number of nitrogens with zero attached hydrogens (tertiary/aromatic N) is 4. The molecule has 0 saturated heterocycles. The molecule has 6 heteroatoms. The van der Waals surface area contributed by atoms with Gasteiger partial charge in [-0.25, -0.2) is 9.97 Å². The van der Waals surface area contributed by atoms with Crippen molar-refractivity contribution in [1.82, 2.24) is 20.3 Å². The molecule has 1 aromatic carbocycles. The number of carbonyl (C=O) groups is 1. The monoisotopic (exact) mass is 333 g/mol. The number of benzene rings is 1. The highest BCUT2D eigenvalue weighted by Crippen LogP contribution is 2.21. The van der Waals surface area contributed by atoms with Gasteiger partial charge in [0.15, 0.2) is 0 Å². The first-order chi connectivity index (χ1) is 12.1. The first-order valence-corrected chi connectivity index (χ1v) is 7.95. The molecular weight excluding hydrogens is 314 g/mol. The third kappa shape index (κ3) is 4.17. The summed E-state index contributed by atoms with van der Waals surface area (Å²) in [5, 5.41) is 2.86. The molecule has 0 fully saturated rings. The average molecular weight is 333 g/mol. The highest BCUT2D eigenvalue weighted by Gasteiger charge is 2.13. The van der Waals surface area contributed by atoms with Crippen LogP contribution in [0.15, 0.2) is 60.9 Å². The lowest BCUT2D eigenvalue weighted by Crippen LogP contribution is -2.25. The molecule has 1 N–H and O–H groups in total. The van der Waals surface area contributed by atoms with Crippen LogP contribution in [0.3, 0.4) is 0 Å². The van der Waals surface area contributed by atoms with E-state index in [4.69, 9.17) is 0 Å². The van der Waals surface area contributed by atoms with E-state index in [2.05, 4.69) is 20.3 Å². The average Bonchev–Trinajstić information content (AvgIpc) is 2.66. The fourth-order valence-corrected chi connectivity index (χ4v) is 2.40. The Morgan fingerprint density at radius 2 is 1.92 bits per heavy atom. The summed E-state index contributed by atoms with van der Waals surface area (Å²) in [4.78, 5) is 27.1. The van der Waals surface area contributed by atoms with Gasteiger partial charge in [-0.2, -0.15) is 0 Å². The fraction of sp³-hybridized carbons (Fsp3) is 0.158. The summed E-state index contributed by atoms with van der Waals surface area (Å²) >= 11 is 0. The fourth-order valence-electron chi connectivity index (χ4n) is 2.40. The van der Waals surface area contributed by atoms with Crippen molar-refractivity contribution >= 4 is 17.4 Å². The van der Waals surface area contributed by atoms with E-state index in [1.165, 1.54) is 0 Å². The Kier molecular flexibility index (Phi) is 4.99. The van der Waals surface area contributed by atoms with Gasteiger partial charge in [0.1, 0.15) is 17.3 Å². The van der Waals surface area contributed by atoms with E-state index in [0.29, 0.717) is 23.9 Å². The Balaban J connectivity index is 1.78. The molecule has 2 heterocycles. The standard InChI is InChI=1S/C19H19N5O/c1-14-22-17(19(25)21-13-15-7-6-10-20-12-15)11-18(23-14)24(2)16-8-4-3-5-9-16/h3-12H,13H2,1-2H3,(H,21,25). The van der Waals surface area contributed by atoms with Crippen LogP contribution in [-0.2, 0) is 6.54 Å². The van der Waals surface area contributed by atoms with E-state index < -0.39 is 0 Å². The van der Waals surface area contributed by atoms with Gasteiger partial charge in [-0.1, -0.05) is 24.3 Å². The number of para-hydroxylation sites is 1. The predicted molar refractivity (Wildman–Crippen MR) is 96.7 cm³/mol. The molecule has 0 aliphatic rings. The second-order valence-corrected chi connectivity index (χ2v) is 5.60. The van der Waals surface area contributed by atoms with Gasteiger partial charge in [-0.3, -0.25) is 9.78 Å². The summed E-state index contributed by atoms with van der Waals surface area (Å²) in [6, 6.07) is 15.3. The summed E-state index contributed by atoms with van der Waals surface area (Å²) < 4.78 is 0. The Morgan fingerprint density at radius 3 is 2.64 bits per heavy atom. The normalized spacial score (nSPS) is 10.3. The maximum Gasteiger partial charge on any atom is 0.270 e. The van der Waals surface area contributed by atoms with Crippen LogP contribution in [0, 0.1) is 6.92 Å². The molecule has 25 heavy (non-hydrogen) atoms. The Hall–Kier alpha value is -3.28. The molecule has 0 unspecified atom stereocenters. The highest BCUT2D eigenvalue weighted by molar-refractivity contribution is 5.93. The first kappa shape index (κ1) is 16.6. The van der Waals surface area contributed by atoms with Crippen LogP contribution in [-0.4, -0.2) is 27.9 Å². The molecule has 0 saturated carbocycles. The third-order valence-electron chi connectivity index (χ3n) is 3.72. The zero-order valence-corrected chi connectivity index (χ0v) is 14.2. The van der Waals surface area contributed by atoms with E-state index in [1.807, 2.05) is 54.4 Å². The van der Waals surface area contributed by atoms with Crippen molar-refractivity contribution in [3.05, 3.63) is 78.0 Å². The summed E-state index contributed by atoms with van der Waals surface area (Å²) in [6.07, 6.45) is 3.42. The SMILES string of the molecule is Cc1nc(C(=O)NCc2cccnc2)cc(N(C)c2ccccc2)n1. The molecular formula is C19H19N5O. The van der Waals surface area contributed by atoms with Gasteiger partial charge in [0.25, 0.3) is 5.91 Å². The van der Waals surface area contributed by atoms with Gasteiger partial charge in [0.05, 0.1) is 0 Å². The largest absolute Gasteiger partial charge is 0.347 e. The van der Waals surface area contributed by atoms with Gasteiger partial charge < -0.3 is 10.2 Å². The van der Waals surface area contributed by atoms with Crippen LogP contribution in [0.5, 0.6) is 0 Å². The van der Waals surface area contributed by atoms with E-state index in [1.54, 1.807) is 25.4 Å². The number of aryl methyl sites for hydroxylation is 1. The molecule has 0 spiro atoms. The van der Waals surface area contributed by atoms with Crippen LogP contribution < -0.4 is 10.2 Å². The van der Waals surface area contributed by atoms with Crippen LogP contribution in [0.1, 0.15) is 21.9 Å². The van der Waals surface area contributed by atoms with E-state index in [9.17, 15) is 4.79 Å². The maximum absolute atomic E-state index is 12.4. The number of carbonyl (C=O) groups excluding carboxylic acids is 1. The number of anilines is 2. The molecule has 0 aliphatic heterocycles. The number of hydrogen-bond acceptors (Lipinski definition) is 5. The van der Waals surface area contributed by atoms with Crippen LogP contribution >= 0.6 is 0 Å².